The van der Waals surface area contributed by atoms with Crippen molar-refractivity contribution in [1.29, 1.82) is 0 Å². The van der Waals surface area contributed by atoms with Gasteiger partial charge in [-0.3, -0.25) is 4.79 Å². The summed E-state index contributed by atoms with van der Waals surface area (Å²) >= 11 is 0. The molecular formula is C17H18N2O3. The molecule has 114 valence electrons. The van der Waals surface area contributed by atoms with Crippen LogP contribution in [0, 0.1) is 0 Å². The van der Waals surface area contributed by atoms with Crippen LogP contribution in [0.5, 0.6) is 5.75 Å². The van der Waals surface area contributed by atoms with E-state index in [2.05, 4.69) is 5.32 Å². The summed E-state index contributed by atoms with van der Waals surface area (Å²) in [6, 6.07) is 16.3. The molecule has 0 saturated heterocycles. The van der Waals surface area contributed by atoms with Crippen molar-refractivity contribution in [1.82, 2.24) is 4.90 Å². The fraction of sp³-hybridized carbons (Fsp3) is 0.176. The maximum absolute atomic E-state index is 12.2. The molecule has 0 aromatic heterocycles. The van der Waals surface area contributed by atoms with Gasteiger partial charge < -0.3 is 15.0 Å². The molecule has 2 amide bonds. The number of carbonyl (C=O) groups excluding carboxylic acids is 2. The van der Waals surface area contributed by atoms with Crippen LogP contribution >= 0.6 is 0 Å². The molecule has 5 nitrogen and oxygen atoms in total. The van der Waals surface area contributed by atoms with Gasteiger partial charge in [0.1, 0.15) is 5.75 Å². The van der Waals surface area contributed by atoms with Crippen LogP contribution in [0.1, 0.15) is 18.5 Å². The Kier molecular flexibility index (Phi) is 5.14. The monoisotopic (exact) mass is 298 g/mol. The number of anilines is 1. The van der Waals surface area contributed by atoms with E-state index >= 15 is 0 Å². The normalized spacial score (nSPS) is 11.4. The molecule has 0 aliphatic carbocycles. The zero-order valence-electron chi connectivity index (χ0n) is 12.5. The molecule has 0 spiro atoms. The van der Waals surface area contributed by atoms with Gasteiger partial charge in [-0.05, 0) is 24.6 Å². The van der Waals surface area contributed by atoms with Crippen LogP contribution in [0.2, 0.25) is 0 Å². The molecule has 0 saturated carbocycles. The molecule has 0 fully saturated rings. The summed E-state index contributed by atoms with van der Waals surface area (Å²) in [7, 11) is 1.69. The van der Waals surface area contributed by atoms with Crippen molar-refractivity contribution in [2.45, 2.75) is 13.0 Å². The highest BCUT2D eigenvalue weighted by Gasteiger charge is 2.19. The number of rotatable bonds is 5. The van der Waals surface area contributed by atoms with Crippen LogP contribution in [0.4, 0.5) is 10.5 Å². The van der Waals surface area contributed by atoms with Gasteiger partial charge in [0.05, 0.1) is 6.04 Å². The van der Waals surface area contributed by atoms with E-state index in [9.17, 15) is 9.59 Å². The first-order valence-electron chi connectivity index (χ1n) is 6.91. The van der Waals surface area contributed by atoms with Crippen molar-refractivity contribution in [3.05, 3.63) is 60.2 Å². The second-order valence-corrected chi connectivity index (χ2v) is 4.86. The van der Waals surface area contributed by atoms with Gasteiger partial charge in [-0.2, -0.15) is 0 Å². The standard InChI is InChI=1S/C17H18N2O3/c1-13(14-7-4-3-5-8-14)19(2)17(21)22-16-10-6-9-15(11-16)18-12-20/h3-13H,1-2H3,(H,18,20). The highest BCUT2D eigenvalue weighted by molar-refractivity contribution is 5.74. The second-order valence-electron chi connectivity index (χ2n) is 4.86. The van der Waals surface area contributed by atoms with Gasteiger partial charge in [-0.1, -0.05) is 36.4 Å². The lowest BCUT2D eigenvalue weighted by Crippen LogP contribution is -2.32. The lowest BCUT2D eigenvalue weighted by molar-refractivity contribution is -0.105. The Hall–Kier alpha value is -2.82. The molecule has 22 heavy (non-hydrogen) atoms. The molecule has 0 aliphatic heterocycles. The number of amides is 2. The number of nitrogens with one attached hydrogen (secondary N) is 1. The minimum Gasteiger partial charge on any atom is -0.410 e. The van der Waals surface area contributed by atoms with E-state index in [1.807, 2.05) is 37.3 Å². The predicted octanol–water partition coefficient (Wildman–Crippen LogP) is 3.45. The number of ether oxygens (including phenoxy) is 1. The Bertz CT molecular complexity index is 643. The van der Waals surface area contributed by atoms with Crippen molar-refractivity contribution >= 4 is 18.2 Å². The molecule has 0 bridgehead atoms. The average molecular weight is 298 g/mol. The molecular weight excluding hydrogens is 280 g/mol. The summed E-state index contributed by atoms with van der Waals surface area (Å²) in [6.45, 7) is 1.93. The Labute approximate surface area is 129 Å². The molecule has 0 radical (unpaired) electrons. The first-order valence-corrected chi connectivity index (χ1v) is 6.91. The van der Waals surface area contributed by atoms with Crippen molar-refractivity contribution in [2.24, 2.45) is 0 Å². The van der Waals surface area contributed by atoms with Gasteiger partial charge in [0.2, 0.25) is 6.41 Å². The van der Waals surface area contributed by atoms with Gasteiger partial charge in [0, 0.05) is 18.8 Å². The SMILES string of the molecule is CC(c1ccccc1)N(C)C(=O)Oc1cccc(NC=O)c1. The van der Waals surface area contributed by atoms with Crippen LogP contribution in [-0.2, 0) is 4.79 Å². The maximum atomic E-state index is 12.2. The minimum atomic E-state index is -0.459. The van der Waals surface area contributed by atoms with Gasteiger partial charge in [-0.15, -0.1) is 0 Å². The summed E-state index contributed by atoms with van der Waals surface area (Å²) in [5.41, 5.74) is 1.59. The van der Waals surface area contributed by atoms with Crippen molar-refractivity contribution in [2.75, 3.05) is 12.4 Å². The number of nitrogens with zero attached hydrogens (tertiary/aromatic N) is 1. The highest BCUT2D eigenvalue weighted by Crippen LogP contribution is 2.21. The lowest BCUT2D eigenvalue weighted by Gasteiger charge is -2.24. The lowest BCUT2D eigenvalue weighted by atomic mass is 10.1. The highest BCUT2D eigenvalue weighted by atomic mass is 16.6. The molecule has 0 aliphatic rings. The van der Waals surface area contributed by atoms with Crippen LogP contribution < -0.4 is 10.1 Å². The number of hydrogen-bond acceptors (Lipinski definition) is 3. The number of carbonyl (C=O) groups is 2. The first kappa shape index (κ1) is 15.6. The zero-order valence-corrected chi connectivity index (χ0v) is 12.5. The Morgan fingerprint density at radius 1 is 1.18 bits per heavy atom. The van der Waals surface area contributed by atoms with Crippen LogP contribution in [-0.4, -0.2) is 24.5 Å². The summed E-state index contributed by atoms with van der Waals surface area (Å²) < 4.78 is 5.34. The first-order chi connectivity index (χ1) is 10.6. The third-order valence-corrected chi connectivity index (χ3v) is 3.42. The number of hydrogen-bond donors (Lipinski definition) is 1. The molecule has 1 unspecified atom stereocenters. The van der Waals surface area contributed by atoms with E-state index in [-0.39, 0.29) is 6.04 Å². The zero-order chi connectivity index (χ0) is 15.9. The van der Waals surface area contributed by atoms with Gasteiger partial charge >= 0.3 is 6.09 Å². The molecule has 2 aromatic rings. The fourth-order valence-corrected chi connectivity index (χ4v) is 2.00. The maximum Gasteiger partial charge on any atom is 0.415 e. The summed E-state index contributed by atoms with van der Waals surface area (Å²) in [5.74, 6) is 0.379. The van der Waals surface area contributed by atoms with E-state index in [1.54, 1.807) is 31.3 Å². The van der Waals surface area contributed by atoms with E-state index in [4.69, 9.17) is 4.74 Å². The Balaban J connectivity index is 2.05. The van der Waals surface area contributed by atoms with Crippen molar-refractivity contribution in [3.63, 3.8) is 0 Å². The summed E-state index contributed by atoms with van der Waals surface area (Å²) in [5, 5.41) is 2.51. The van der Waals surface area contributed by atoms with E-state index in [1.165, 1.54) is 4.90 Å². The Morgan fingerprint density at radius 3 is 2.59 bits per heavy atom. The minimum absolute atomic E-state index is 0.106. The van der Waals surface area contributed by atoms with E-state index < -0.39 is 6.09 Å². The molecule has 2 rings (SSSR count). The second kappa shape index (κ2) is 7.26. The summed E-state index contributed by atoms with van der Waals surface area (Å²) in [4.78, 5) is 24.2. The summed E-state index contributed by atoms with van der Waals surface area (Å²) in [6.07, 6.45) is 0.115. The third kappa shape index (κ3) is 3.85. The largest absolute Gasteiger partial charge is 0.415 e. The smallest absolute Gasteiger partial charge is 0.410 e. The van der Waals surface area contributed by atoms with E-state index in [0.29, 0.717) is 17.8 Å². The fourth-order valence-electron chi connectivity index (χ4n) is 2.00. The number of benzene rings is 2. The van der Waals surface area contributed by atoms with Crippen LogP contribution in [0.15, 0.2) is 54.6 Å². The Morgan fingerprint density at radius 2 is 1.91 bits per heavy atom. The molecule has 2 aromatic carbocycles. The van der Waals surface area contributed by atoms with Gasteiger partial charge in [0.25, 0.3) is 0 Å². The van der Waals surface area contributed by atoms with Crippen molar-refractivity contribution in [3.8, 4) is 5.75 Å². The molecule has 1 N–H and O–H groups in total. The molecule has 1 atom stereocenters. The average Bonchev–Trinajstić information content (AvgIpc) is 2.55. The van der Waals surface area contributed by atoms with Gasteiger partial charge in [0.15, 0.2) is 0 Å². The van der Waals surface area contributed by atoms with Crippen LogP contribution in [0.3, 0.4) is 0 Å². The quantitative estimate of drug-likeness (QED) is 0.860. The van der Waals surface area contributed by atoms with Crippen LogP contribution in [0.25, 0.3) is 0 Å². The molecule has 5 heteroatoms. The third-order valence-electron chi connectivity index (χ3n) is 3.42. The predicted molar refractivity (Wildman–Crippen MR) is 84.8 cm³/mol. The molecule has 0 heterocycles. The van der Waals surface area contributed by atoms with Gasteiger partial charge in [-0.25, -0.2) is 4.79 Å². The topological polar surface area (TPSA) is 58.6 Å². The van der Waals surface area contributed by atoms with E-state index in [0.717, 1.165) is 5.56 Å². The van der Waals surface area contributed by atoms with Crippen molar-refractivity contribution < 1.29 is 14.3 Å².